The van der Waals surface area contributed by atoms with Gasteiger partial charge in [-0.05, 0) is 0 Å². The molecule has 0 amide bonds. The third kappa shape index (κ3) is 1.31. The van der Waals surface area contributed by atoms with E-state index in [4.69, 9.17) is 10.2 Å². The number of rotatable bonds is 2. The number of hydrogen-bond donors (Lipinski definition) is 2. The van der Waals surface area contributed by atoms with Crippen molar-refractivity contribution in [2.45, 2.75) is 13.2 Å². The third-order valence-electron chi connectivity index (χ3n) is 1.92. The zero-order valence-electron chi connectivity index (χ0n) is 6.77. The summed E-state index contributed by atoms with van der Waals surface area (Å²) in [5, 5.41) is 18.0. The van der Waals surface area contributed by atoms with Crippen LogP contribution in [0.5, 0.6) is 0 Å². The summed E-state index contributed by atoms with van der Waals surface area (Å²) in [6.45, 7) is -0.0960. The lowest BCUT2D eigenvalue weighted by molar-refractivity contribution is 0.280. The molecule has 0 radical (unpaired) electrons. The maximum absolute atomic E-state index is 8.99. The molecular weight excluding hydrogens is 188 g/mol. The number of hydrogen-bond acceptors (Lipinski definition) is 5. The van der Waals surface area contributed by atoms with Crippen LogP contribution in [0.3, 0.4) is 0 Å². The van der Waals surface area contributed by atoms with Gasteiger partial charge in [-0.15, -0.1) is 0 Å². The Labute approximate surface area is 78.8 Å². The Morgan fingerprint density at radius 2 is 1.46 bits per heavy atom. The molecule has 0 aliphatic rings. The molecule has 0 aliphatic carbocycles. The lowest BCUT2D eigenvalue weighted by Gasteiger charge is -2.00. The van der Waals surface area contributed by atoms with Crippen molar-refractivity contribution in [3.8, 4) is 0 Å². The lowest BCUT2D eigenvalue weighted by Crippen LogP contribution is -1.90. The highest BCUT2D eigenvalue weighted by Crippen LogP contribution is 2.20. The van der Waals surface area contributed by atoms with Crippen molar-refractivity contribution in [1.82, 2.24) is 8.75 Å². The lowest BCUT2D eigenvalue weighted by atomic mass is 10.1. The summed E-state index contributed by atoms with van der Waals surface area (Å²) >= 11 is 1.09. The minimum absolute atomic E-state index is 0.0480. The summed E-state index contributed by atoms with van der Waals surface area (Å²) in [5.41, 5.74) is 2.89. The van der Waals surface area contributed by atoms with Crippen LogP contribution in [-0.2, 0) is 13.2 Å². The standard InChI is InChI=1S/C8H8N2O2S/c11-3-5-1-2-6(4-12)8-7(5)9-13-10-8/h1-2,11-12H,3-4H2. The van der Waals surface area contributed by atoms with Crippen molar-refractivity contribution in [3.05, 3.63) is 23.3 Å². The zero-order chi connectivity index (χ0) is 9.26. The number of fused-ring (bicyclic) bond motifs is 1. The van der Waals surface area contributed by atoms with Crippen LogP contribution in [0.2, 0.25) is 0 Å². The van der Waals surface area contributed by atoms with Crippen LogP contribution in [0.15, 0.2) is 12.1 Å². The molecule has 5 heteroatoms. The molecule has 4 nitrogen and oxygen atoms in total. The second kappa shape index (κ2) is 3.37. The van der Waals surface area contributed by atoms with Gasteiger partial charge in [0.15, 0.2) is 0 Å². The molecule has 0 unspecified atom stereocenters. The fourth-order valence-electron chi connectivity index (χ4n) is 1.22. The van der Waals surface area contributed by atoms with Gasteiger partial charge in [0.2, 0.25) is 0 Å². The molecule has 0 saturated heterocycles. The minimum Gasteiger partial charge on any atom is -0.392 e. The van der Waals surface area contributed by atoms with E-state index in [1.807, 2.05) is 0 Å². The fourth-order valence-corrected chi connectivity index (χ4v) is 1.84. The Kier molecular flexibility index (Phi) is 2.22. The number of nitrogens with zero attached hydrogens (tertiary/aromatic N) is 2. The first-order valence-electron chi connectivity index (χ1n) is 3.81. The van der Waals surface area contributed by atoms with Gasteiger partial charge < -0.3 is 10.2 Å². The number of benzene rings is 1. The topological polar surface area (TPSA) is 66.2 Å². The van der Waals surface area contributed by atoms with Gasteiger partial charge in [-0.3, -0.25) is 0 Å². The average molecular weight is 196 g/mol. The molecule has 0 spiro atoms. The molecule has 2 N–H and O–H groups in total. The van der Waals surface area contributed by atoms with E-state index in [0.717, 1.165) is 22.9 Å². The SMILES string of the molecule is OCc1ccc(CO)c2nsnc12. The van der Waals surface area contributed by atoms with Crippen LogP contribution in [0.4, 0.5) is 0 Å². The fraction of sp³-hybridized carbons (Fsp3) is 0.250. The smallest absolute Gasteiger partial charge is 0.110 e. The van der Waals surface area contributed by atoms with Crippen LogP contribution in [-0.4, -0.2) is 19.0 Å². The average Bonchev–Trinajstić information content (AvgIpc) is 2.64. The predicted octanol–water partition coefficient (Wildman–Crippen LogP) is 0.676. The van der Waals surface area contributed by atoms with E-state index >= 15 is 0 Å². The maximum Gasteiger partial charge on any atom is 0.110 e. The van der Waals surface area contributed by atoms with E-state index in [1.165, 1.54) is 0 Å². The summed E-state index contributed by atoms with van der Waals surface area (Å²) in [5.74, 6) is 0. The van der Waals surface area contributed by atoms with Gasteiger partial charge in [0.25, 0.3) is 0 Å². The van der Waals surface area contributed by atoms with Crippen molar-refractivity contribution in [2.24, 2.45) is 0 Å². The van der Waals surface area contributed by atoms with Crippen molar-refractivity contribution >= 4 is 22.8 Å². The van der Waals surface area contributed by atoms with Gasteiger partial charge in [0.1, 0.15) is 11.0 Å². The quantitative estimate of drug-likeness (QED) is 0.741. The molecule has 0 aliphatic heterocycles. The molecule has 68 valence electrons. The number of aromatic nitrogens is 2. The summed E-state index contributed by atoms with van der Waals surface area (Å²) < 4.78 is 8.12. The summed E-state index contributed by atoms with van der Waals surface area (Å²) in [4.78, 5) is 0. The first-order valence-corrected chi connectivity index (χ1v) is 4.54. The second-order valence-corrected chi connectivity index (χ2v) is 3.19. The van der Waals surface area contributed by atoms with E-state index in [-0.39, 0.29) is 13.2 Å². The Morgan fingerprint density at radius 3 is 1.85 bits per heavy atom. The Morgan fingerprint density at radius 1 is 1.00 bits per heavy atom. The van der Waals surface area contributed by atoms with Crippen molar-refractivity contribution in [3.63, 3.8) is 0 Å². The van der Waals surface area contributed by atoms with E-state index in [0.29, 0.717) is 11.0 Å². The number of aliphatic hydroxyl groups is 2. The molecule has 0 atom stereocenters. The highest BCUT2D eigenvalue weighted by atomic mass is 32.1. The monoisotopic (exact) mass is 196 g/mol. The summed E-state index contributed by atoms with van der Waals surface area (Å²) in [6.07, 6.45) is 0. The molecular formula is C8H8N2O2S. The molecule has 1 heterocycles. The largest absolute Gasteiger partial charge is 0.392 e. The highest BCUT2D eigenvalue weighted by Gasteiger charge is 2.08. The van der Waals surface area contributed by atoms with Crippen LogP contribution in [0, 0.1) is 0 Å². The van der Waals surface area contributed by atoms with Gasteiger partial charge >= 0.3 is 0 Å². The van der Waals surface area contributed by atoms with Gasteiger partial charge in [-0.25, -0.2) is 0 Å². The minimum atomic E-state index is -0.0480. The summed E-state index contributed by atoms with van der Waals surface area (Å²) in [6, 6.07) is 3.52. The first kappa shape index (κ1) is 8.55. The number of aliphatic hydroxyl groups excluding tert-OH is 2. The molecule has 1 aromatic heterocycles. The van der Waals surface area contributed by atoms with Gasteiger partial charge in [-0.2, -0.15) is 8.75 Å². The Bertz CT molecular complexity index is 389. The zero-order valence-corrected chi connectivity index (χ0v) is 7.58. The molecule has 1 aromatic carbocycles. The van der Waals surface area contributed by atoms with Crippen LogP contribution in [0.1, 0.15) is 11.1 Å². The maximum atomic E-state index is 8.99. The van der Waals surface area contributed by atoms with Crippen molar-refractivity contribution < 1.29 is 10.2 Å². The van der Waals surface area contributed by atoms with E-state index in [1.54, 1.807) is 12.1 Å². The summed E-state index contributed by atoms with van der Waals surface area (Å²) in [7, 11) is 0. The van der Waals surface area contributed by atoms with Crippen LogP contribution in [0.25, 0.3) is 11.0 Å². The van der Waals surface area contributed by atoms with Crippen LogP contribution < -0.4 is 0 Å². The van der Waals surface area contributed by atoms with Gasteiger partial charge in [-0.1, -0.05) is 12.1 Å². The molecule has 0 fully saturated rings. The van der Waals surface area contributed by atoms with E-state index in [9.17, 15) is 0 Å². The molecule has 2 aromatic rings. The Hall–Kier alpha value is -1.04. The molecule has 0 bridgehead atoms. The molecule has 0 saturated carbocycles. The molecule has 13 heavy (non-hydrogen) atoms. The molecule has 2 rings (SSSR count). The normalized spacial score (nSPS) is 10.9. The third-order valence-corrected chi connectivity index (χ3v) is 2.45. The van der Waals surface area contributed by atoms with Crippen molar-refractivity contribution in [2.75, 3.05) is 0 Å². The highest BCUT2D eigenvalue weighted by molar-refractivity contribution is 7.00. The second-order valence-electron chi connectivity index (χ2n) is 2.66. The van der Waals surface area contributed by atoms with Crippen LogP contribution >= 0.6 is 11.7 Å². The van der Waals surface area contributed by atoms with E-state index < -0.39 is 0 Å². The van der Waals surface area contributed by atoms with Crippen molar-refractivity contribution in [1.29, 1.82) is 0 Å². The first-order chi connectivity index (χ1) is 6.36. The van der Waals surface area contributed by atoms with Gasteiger partial charge in [0, 0.05) is 11.1 Å². The predicted molar refractivity (Wildman–Crippen MR) is 49.3 cm³/mol. The van der Waals surface area contributed by atoms with E-state index in [2.05, 4.69) is 8.75 Å². The Balaban J connectivity index is 2.74. The van der Waals surface area contributed by atoms with Gasteiger partial charge in [0.05, 0.1) is 24.9 Å².